The van der Waals surface area contributed by atoms with Gasteiger partial charge in [-0.15, -0.1) is 0 Å². The van der Waals surface area contributed by atoms with Crippen molar-refractivity contribution >= 4 is 17.6 Å². The van der Waals surface area contributed by atoms with Gasteiger partial charge >= 0.3 is 0 Å². The summed E-state index contributed by atoms with van der Waals surface area (Å²) in [6, 6.07) is 10.5. The number of amides is 2. The van der Waals surface area contributed by atoms with Crippen LogP contribution in [0.15, 0.2) is 42.6 Å². The van der Waals surface area contributed by atoms with E-state index in [9.17, 15) is 9.59 Å². The maximum Gasteiger partial charge on any atom is 0.261 e. The van der Waals surface area contributed by atoms with Gasteiger partial charge in [0, 0.05) is 18.8 Å². The molecule has 1 aliphatic heterocycles. The van der Waals surface area contributed by atoms with Gasteiger partial charge < -0.3 is 5.32 Å². The van der Waals surface area contributed by atoms with E-state index in [1.54, 1.807) is 43.6 Å². The Labute approximate surface area is 116 Å². The van der Waals surface area contributed by atoms with Crippen molar-refractivity contribution in [1.29, 1.82) is 0 Å². The molecule has 5 heteroatoms. The van der Waals surface area contributed by atoms with Crippen LogP contribution in [0, 0.1) is 0 Å². The molecule has 0 unspecified atom stereocenters. The lowest BCUT2D eigenvalue weighted by molar-refractivity contribution is 0.0642. The zero-order valence-corrected chi connectivity index (χ0v) is 11.0. The largest absolute Gasteiger partial charge is 0.373 e. The Morgan fingerprint density at radius 1 is 1.05 bits per heavy atom. The van der Waals surface area contributed by atoms with Crippen LogP contribution >= 0.6 is 0 Å². The van der Waals surface area contributed by atoms with Crippen molar-refractivity contribution in [2.45, 2.75) is 6.54 Å². The predicted molar refractivity (Wildman–Crippen MR) is 74.4 cm³/mol. The quantitative estimate of drug-likeness (QED) is 0.863. The smallest absolute Gasteiger partial charge is 0.261 e. The topological polar surface area (TPSA) is 62.3 Å². The number of nitrogens with zero attached hydrogens (tertiary/aromatic N) is 2. The fraction of sp³-hybridized carbons (Fsp3) is 0.133. The van der Waals surface area contributed by atoms with Crippen LogP contribution in [0.1, 0.15) is 26.3 Å². The van der Waals surface area contributed by atoms with E-state index < -0.39 is 0 Å². The summed E-state index contributed by atoms with van der Waals surface area (Å²) in [5.41, 5.74) is 1.74. The Hall–Kier alpha value is -2.69. The number of imide groups is 1. The molecule has 3 rings (SSSR count). The average molecular weight is 267 g/mol. The van der Waals surface area contributed by atoms with E-state index in [0.29, 0.717) is 16.9 Å². The molecule has 2 aromatic rings. The average Bonchev–Trinajstić information content (AvgIpc) is 2.73. The molecule has 1 N–H and O–H groups in total. The molecule has 1 aromatic heterocycles. The van der Waals surface area contributed by atoms with Gasteiger partial charge in [0.05, 0.1) is 17.7 Å². The number of rotatable bonds is 3. The fourth-order valence-electron chi connectivity index (χ4n) is 2.34. The van der Waals surface area contributed by atoms with Crippen molar-refractivity contribution in [3.8, 4) is 0 Å². The molecule has 1 aromatic carbocycles. The van der Waals surface area contributed by atoms with Crippen LogP contribution in [-0.4, -0.2) is 28.7 Å². The third-order valence-corrected chi connectivity index (χ3v) is 3.33. The van der Waals surface area contributed by atoms with Crippen molar-refractivity contribution in [1.82, 2.24) is 9.88 Å². The minimum Gasteiger partial charge on any atom is -0.373 e. The van der Waals surface area contributed by atoms with Gasteiger partial charge in [-0.05, 0) is 18.2 Å². The zero-order chi connectivity index (χ0) is 14.1. The molecule has 5 nitrogen and oxygen atoms in total. The molecule has 2 heterocycles. The minimum atomic E-state index is -0.253. The number of hydrogen-bond donors (Lipinski definition) is 1. The summed E-state index contributed by atoms with van der Waals surface area (Å²) in [5.74, 6) is 0.164. The van der Waals surface area contributed by atoms with Crippen molar-refractivity contribution < 1.29 is 9.59 Å². The number of fused-ring (bicyclic) bond motifs is 1. The summed E-state index contributed by atoms with van der Waals surface area (Å²) in [6.45, 7) is 0.219. The van der Waals surface area contributed by atoms with E-state index in [1.165, 1.54) is 4.90 Å². The van der Waals surface area contributed by atoms with Crippen molar-refractivity contribution in [3.63, 3.8) is 0 Å². The molecule has 0 saturated heterocycles. The second kappa shape index (κ2) is 4.77. The van der Waals surface area contributed by atoms with Gasteiger partial charge in [0.1, 0.15) is 5.82 Å². The van der Waals surface area contributed by atoms with Crippen LogP contribution in [0.2, 0.25) is 0 Å². The van der Waals surface area contributed by atoms with E-state index in [1.807, 2.05) is 6.07 Å². The van der Waals surface area contributed by atoms with Gasteiger partial charge in [0.25, 0.3) is 11.8 Å². The lowest BCUT2D eigenvalue weighted by atomic mass is 10.1. The Kier molecular flexibility index (Phi) is 2.95. The van der Waals surface area contributed by atoms with E-state index in [2.05, 4.69) is 10.3 Å². The van der Waals surface area contributed by atoms with Crippen molar-refractivity contribution in [2.75, 3.05) is 12.4 Å². The molecule has 1 aliphatic rings. The highest BCUT2D eigenvalue weighted by Crippen LogP contribution is 2.25. The van der Waals surface area contributed by atoms with Gasteiger partial charge in [0.2, 0.25) is 0 Å². The monoisotopic (exact) mass is 267 g/mol. The number of hydrogen-bond acceptors (Lipinski definition) is 4. The normalized spacial score (nSPS) is 13.6. The molecule has 0 bridgehead atoms. The highest BCUT2D eigenvalue weighted by molar-refractivity contribution is 6.21. The van der Waals surface area contributed by atoms with Gasteiger partial charge in [-0.1, -0.05) is 18.2 Å². The third-order valence-electron chi connectivity index (χ3n) is 3.33. The number of benzene rings is 1. The predicted octanol–water partition coefficient (Wildman–Crippen LogP) is 1.92. The van der Waals surface area contributed by atoms with Crippen molar-refractivity contribution in [2.24, 2.45) is 0 Å². The van der Waals surface area contributed by atoms with Crippen LogP contribution in [0.3, 0.4) is 0 Å². The maximum absolute atomic E-state index is 12.3. The summed E-state index contributed by atoms with van der Waals surface area (Å²) in [4.78, 5) is 30.0. The van der Waals surface area contributed by atoms with E-state index in [0.717, 1.165) is 5.56 Å². The Morgan fingerprint density at radius 3 is 2.30 bits per heavy atom. The first-order chi connectivity index (χ1) is 9.72. The molecule has 0 fully saturated rings. The van der Waals surface area contributed by atoms with E-state index in [4.69, 9.17) is 0 Å². The van der Waals surface area contributed by atoms with Crippen LogP contribution in [0.5, 0.6) is 0 Å². The number of anilines is 1. The molecular formula is C15H13N3O2. The molecule has 20 heavy (non-hydrogen) atoms. The molecule has 0 spiro atoms. The fourth-order valence-corrected chi connectivity index (χ4v) is 2.34. The number of pyridine rings is 1. The molecule has 0 aliphatic carbocycles. The third kappa shape index (κ3) is 1.84. The van der Waals surface area contributed by atoms with E-state index >= 15 is 0 Å². The lowest BCUT2D eigenvalue weighted by Crippen LogP contribution is -2.29. The summed E-state index contributed by atoms with van der Waals surface area (Å²) in [6.07, 6.45) is 1.66. The number of carbonyl (C=O) groups is 2. The summed E-state index contributed by atoms with van der Waals surface area (Å²) in [5, 5.41) is 2.96. The van der Waals surface area contributed by atoms with Gasteiger partial charge in [-0.2, -0.15) is 0 Å². The van der Waals surface area contributed by atoms with Gasteiger partial charge in [0.15, 0.2) is 0 Å². The molecule has 0 radical (unpaired) electrons. The Bertz CT molecular complexity index is 662. The first kappa shape index (κ1) is 12.3. The van der Waals surface area contributed by atoms with Crippen LogP contribution < -0.4 is 5.32 Å². The number of carbonyl (C=O) groups excluding carboxylic acids is 2. The number of nitrogens with one attached hydrogen (secondary N) is 1. The molecule has 0 saturated carbocycles. The zero-order valence-electron chi connectivity index (χ0n) is 11.0. The summed E-state index contributed by atoms with van der Waals surface area (Å²) < 4.78 is 0. The Balaban J connectivity index is 1.94. The molecule has 100 valence electrons. The molecule has 0 atom stereocenters. The first-order valence-corrected chi connectivity index (χ1v) is 6.29. The minimum absolute atomic E-state index is 0.219. The Morgan fingerprint density at radius 2 is 1.70 bits per heavy atom. The highest BCUT2D eigenvalue weighted by Gasteiger charge is 2.35. The van der Waals surface area contributed by atoms with E-state index in [-0.39, 0.29) is 18.4 Å². The second-order valence-electron chi connectivity index (χ2n) is 4.50. The standard InChI is InChI=1S/C15H13N3O2/c1-16-13-10(5-4-8-17-13)9-18-14(19)11-6-2-3-7-12(11)15(18)20/h2-8H,9H2,1H3,(H,16,17). The SMILES string of the molecule is CNc1ncccc1CN1C(=O)c2ccccc2C1=O. The van der Waals surface area contributed by atoms with Gasteiger partial charge in [-0.25, -0.2) is 4.98 Å². The van der Waals surface area contributed by atoms with Crippen LogP contribution in [0.4, 0.5) is 5.82 Å². The lowest BCUT2D eigenvalue weighted by Gasteiger charge is -2.15. The second-order valence-corrected chi connectivity index (χ2v) is 4.50. The molecular weight excluding hydrogens is 254 g/mol. The van der Waals surface area contributed by atoms with Crippen LogP contribution in [-0.2, 0) is 6.54 Å². The summed E-state index contributed by atoms with van der Waals surface area (Å²) in [7, 11) is 1.76. The highest BCUT2D eigenvalue weighted by atomic mass is 16.2. The number of aromatic nitrogens is 1. The van der Waals surface area contributed by atoms with Crippen molar-refractivity contribution in [3.05, 3.63) is 59.3 Å². The van der Waals surface area contributed by atoms with Gasteiger partial charge in [-0.3, -0.25) is 14.5 Å². The molecule has 2 amide bonds. The first-order valence-electron chi connectivity index (χ1n) is 6.29. The maximum atomic E-state index is 12.3. The summed E-state index contributed by atoms with van der Waals surface area (Å²) >= 11 is 0. The van der Waals surface area contributed by atoms with Crippen LogP contribution in [0.25, 0.3) is 0 Å².